The number of aromatic carboxylic acids is 1. The summed E-state index contributed by atoms with van der Waals surface area (Å²) in [6.45, 7) is 2.42. The Kier molecular flexibility index (Phi) is 8.48. The first-order valence-electron chi connectivity index (χ1n) is 11.4. The molecule has 0 spiro atoms. The van der Waals surface area contributed by atoms with Gasteiger partial charge in [0.15, 0.2) is 0 Å². The van der Waals surface area contributed by atoms with Gasteiger partial charge in [0.1, 0.15) is 22.5 Å². The topological polar surface area (TPSA) is 165 Å². The molecule has 1 aliphatic rings. The Hall–Kier alpha value is -3.61. The minimum Gasteiger partial charge on any atom is -0.506 e. The second-order valence-corrected chi connectivity index (χ2v) is 10.9. The number of aromatic hydroxyl groups is 1. The maximum atomic E-state index is 11.3. The number of nitrogens with zero attached hydrogens (tertiary/aromatic N) is 1. The fourth-order valence-corrected chi connectivity index (χ4v) is 5.12. The number of fused-ring (bicyclic) bond motifs is 1. The van der Waals surface area contributed by atoms with Gasteiger partial charge in [-0.25, -0.2) is 18.4 Å². The number of benzene rings is 2. The Morgan fingerprint density at radius 3 is 2.54 bits per heavy atom. The average Bonchev–Trinajstić information content (AvgIpc) is 3.55. The number of pyridine rings is 1. The Labute approximate surface area is 234 Å². The highest BCUT2D eigenvalue weighted by atomic mass is 35.5. The number of primary sulfonamides is 1. The molecule has 2 aromatic heterocycles. The summed E-state index contributed by atoms with van der Waals surface area (Å²) in [4.78, 5) is 15.0. The summed E-state index contributed by atoms with van der Waals surface area (Å²) < 4.78 is 33.5. The number of anilines is 1. The minimum atomic E-state index is -4.11. The fourth-order valence-electron chi connectivity index (χ4n) is 3.90. The SMILES string of the molecule is Cc1ncc2c(c1O)COC2c1ccc(Cl)cc1.NS(=O)(=O)c1cc(C(=O)O)c(NCc2ccco2)cc1Cl. The molecule has 39 heavy (non-hydrogen) atoms. The monoisotopic (exact) mass is 591 g/mol. The summed E-state index contributed by atoms with van der Waals surface area (Å²) in [7, 11) is -4.11. The number of carboxylic acid groups (broad SMARTS) is 1. The molecule has 2 aromatic carbocycles. The highest BCUT2D eigenvalue weighted by molar-refractivity contribution is 7.89. The van der Waals surface area contributed by atoms with Gasteiger partial charge in [-0.3, -0.25) is 4.98 Å². The van der Waals surface area contributed by atoms with E-state index in [9.17, 15) is 18.3 Å². The van der Waals surface area contributed by atoms with Gasteiger partial charge in [0, 0.05) is 22.3 Å². The average molecular weight is 592 g/mol. The van der Waals surface area contributed by atoms with Gasteiger partial charge in [-0.15, -0.1) is 0 Å². The second-order valence-electron chi connectivity index (χ2n) is 8.48. The highest BCUT2D eigenvalue weighted by Gasteiger charge is 2.28. The molecule has 3 heterocycles. The smallest absolute Gasteiger partial charge is 0.337 e. The molecule has 1 aliphatic heterocycles. The number of carboxylic acids is 1. The van der Waals surface area contributed by atoms with Gasteiger partial charge in [0.2, 0.25) is 10.0 Å². The number of sulfonamides is 1. The van der Waals surface area contributed by atoms with E-state index in [0.29, 0.717) is 23.1 Å². The van der Waals surface area contributed by atoms with E-state index < -0.39 is 20.9 Å². The highest BCUT2D eigenvalue weighted by Crippen LogP contribution is 2.40. The van der Waals surface area contributed by atoms with Crippen LogP contribution in [0.15, 0.2) is 70.3 Å². The van der Waals surface area contributed by atoms with Gasteiger partial charge in [0.05, 0.1) is 41.4 Å². The van der Waals surface area contributed by atoms with E-state index in [1.54, 1.807) is 25.3 Å². The van der Waals surface area contributed by atoms with E-state index in [1.165, 1.54) is 12.3 Å². The van der Waals surface area contributed by atoms with E-state index in [1.807, 2.05) is 24.3 Å². The molecular weight excluding hydrogens is 569 g/mol. The molecule has 5 N–H and O–H groups in total. The van der Waals surface area contributed by atoms with E-state index in [0.717, 1.165) is 22.8 Å². The number of furan rings is 1. The molecule has 4 aromatic rings. The second kappa shape index (κ2) is 11.6. The molecule has 5 rings (SSSR count). The quantitative estimate of drug-likeness (QED) is 0.234. The molecule has 0 fully saturated rings. The van der Waals surface area contributed by atoms with Crippen molar-refractivity contribution in [2.24, 2.45) is 5.14 Å². The number of aryl methyl sites for hydroxylation is 1. The Morgan fingerprint density at radius 2 is 1.92 bits per heavy atom. The summed E-state index contributed by atoms with van der Waals surface area (Å²) in [6.07, 6.45) is 3.08. The summed E-state index contributed by atoms with van der Waals surface area (Å²) in [5, 5.41) is 27.5. The molecule has 13 heteroatoms. The number of carbonyl (C=O) groups is 1. The third-order valence-electron chi connectivity index (χ3n) is 5.87. The summed E-state index contributed by atoms with van der Waals surface area (Å²) in [5.74, 6) is -0.486. The molecule has 0 radical (unpaired) electrons. The molecule has 1 atom stereocenters. The van der Waals surface area contributed by atoms with E-state index in [4.69, 9.17) is 42.6 Å². The molecular formula is C26H23Cl2N3O7S. The first-order chi connectivity index (χ1) is 18.5. The largest absolute Gasteiger partial charge is 0.506 e. The van der Waals surface area contributed by atoms with Gasteiger partial charge >= 0.3 is 5.97 Å². The van der Waals surface area contributed by atoms with E-state index in [2.05, 4.69) is 10.3 Å². The zero-order chi connectivity index (χ0) is 28.3. The zero-order valence-electron chi connectivity index (χ0n) is 20.4. The summed E-state index contributed by atoms with van der Waals surface area (Å²) >= 11 is 11.7. The van der Waals surface area contributed by atoms with E-state index in [-0.39, 0.29) is 34.7 Å². The van der Waals surface area contributed by atoms with Crippen LogP contribution >= 0.6 is 23.2 Å². The molecule has 0 aliphatic carbocycles. The number of halogens is 2. The van der Waals surface area contributed by atoms with Crippen molar-refractivity contribution in [3.63, 3.8) is 0 Å². The van der Waals surface area contributed by atoms with Crippen molar-refractivity contribution in [3.05, 3.63) is 105 Å². The fraction of sp³-hybridized carbons (Fsp3) is 0.154. The molecule has 0 saturated heterocycles. The number of aromatic nitrogens is 1. The maximum absolute atomic E-state index is 11.3. The number of hydrogen-bond donors (Lipinski definition) is 4. The summed E-state index contributed by atoms with van der Waals surface area (Å²) in [5.41, 5.74) is 3.33. The normalized spacial score (nSPS) is 14.3. The van der Waals surface area contributed by atoms with Crippen LogP contribution in [0.2, 0.25) is 10.0 Å². The number of ether oxygens (including phenoxy) is 1. The van der Waals surface area contributed by atoms with Crippen LogP contribution in [-0.2, 0) is 27.9 Å². The van der Waals surface area contributed by atoms with Gasteiger partial charge in [-0.05, 0) is 48.9 Å². The van der Waals surface area contributed by atoms with Gasteiger partial charge in [-0.1, -0.05) is 35.3 Å². The molecule has 0 bridgehead atoms. The van der Waals surface area contributed by atoms with Crippen molar-refractivity contribution in [2.75, 3.05) is 5.32 Å². The molecule has 0 amide bonds. The third-order valence-corrected chi connectivity index (χ3v) is 7.49. The van der Waals surface area contributed by atoms with Crippen molar-refractivity contribution in [2.45, 2.75) is 31.1 Å². The lowest BCUT2D eigenvalue weighted by atomic mass is 10.0. The first kappa shape index (κ1) is 28.4. The number of nitrogens with two attached hydrogens (primary N) is 1. The Bertz CT molecular complexity index is 1610. The van der Waals surface area contributed by atoms with Crippen molar-refractivity contribution in [1.29, 1.82) is 0 Å². The minimum absolute atomic E-state index is 0.163. The maximum Gasteiger partial charge on any atom is 0.337 e. The van der Waals surface area contributed by atoms with Crippen LogP contribution in [0, 0.1) is 6.92 Å². The predicted octanol–water partition coefficient (Wildman–Crippen LogP) is 5.26. The van der Waals surface area contributed by atoms with Crippen LogP contribution < -0.4 is 10.5 Å². The van der Waals surface area contributed by atoms with Crippen LogP contribution in [0.25, 0.3) is 0 Å². The van der Waals surface area contributed by atoms with Crippen LogP contribution in [0.1, 0.15) is 44.6 Å². The van der Waals surface area contributed by atoms with Crippen LogP contribution in [-0.4, -0.2) is 29.6 Å². The van der Waals surface area contributed by atoms with Crippen LogP contribution in [0.5, 0.6) is 5.75 Å². The molecule has 204 valence electrons. The van der Waals surface area contributed by atoms with Gasteiger partial charge in [-0.2, -0.15) is 0 Å². The Morgan fingerprint density at radius 1 is 1.21 bits per heavy atom. The van der Waals surface area contributed by atoms with Crippen molar-refractivity contribution in [3.8, 4) is 5.75 Å². The standard InChI is InChI=1S/C14H12ClNO2.C12H11ClN2O5S/c1-8-13(17)12-7-18-14(11(12)6-16-8)9-2-4-10(15)5-3-9;13-9-5-10(15-6-7-2-1-3-20-7)8(12(16)17)4-11(9)21(14,18)19/h2-6,14,17H,7H2,1H3;1-5,15H,6H2,(H,16,17)(H2,14,18,19). The van der Waals surface area contributed by atoms with Crippen molar-refractivity contribution in [1.82, 2.24) is 4.98 Å². The third kappa shape index (κ3) is 6.52. The van der Waals surface area contributed by atoms with Crippen molar-refractivity contribution >= 4 is 44.9 Å². The molecule has 1 unspecified atom stereocenters. The van der Waals surface area contributed by atoms with E-state index >= 15 is 0 Å². The van der Waals surface area contributed by atoms with Gasteiger partial charge in [0.25, 0.3) is 0 Å². The molecule has 0 saturated carbocycles. The number of nitrogens with one attached hydrogen (secondary N) is 1. The number of hydrogen-bond acceptors (Lipinski definition) is 8. The first-order valence-corrected chi connectivity index (χ1v) is 13.7. The zero-order valence-corrected chi connectivity index (χ0v) is 22.7. The lowest BCUT2D eigenvalue weighted by Crippen LogP contribution is -2.15. The molecule has 10 nitrogen and oxygen atoms in total. The Balaban J connectivity index is 0.000000183. The van der Waals surface area contributed by atoms with Crippen molar-refractivity contribution < 1.29 is 32.6 Å². The van der Waals surface area contributed by atoms with Gasteiger partial charge < -0.3 is 24.7 Å². The number of rotatable bonds is 6. The lowest BCUT2D eigenvalue weighted by molar-refractivity contribution is 0.0697. The summed E-state index contributed by atoms with van der Waals surface area (Å²) in [6, 6.07) is 13.0. The van der Waals surface area contributed by atoms with Crippen LogP contribution in [0.4, 0.5) is 5.69 Å². The van der Waals surface area contributed by atoms with Crippen LogP contribution in [0.3, 0.4) is 0 Å². The predicted molar refractivity (Wildman–Crippen MR) is 145 cm³/mol. The lowest BCUT2D eigenvalue weighted by Gasteiger charge is -2.11.